The number of aromatic nitrogens is 2. The average Bonchev–Trinajstić information content (AvgIpc) is 3.24. The van der Waals surface area contributed by atoms with Gasteiger partial charge in [-0.05, 0) is 17.9 Å². The molecule has 0 atom stereocenters. The molecule has 0 bridgehead atoms. The van der Waals surface area contributed by atoms with Crippen LogP contribution < -0.4 is 4.90 Å². The fraction of sp³-hybridized carbons (Fsp3) is 0.571. The van der Waals surface area contributed by atoms with E-state index in [2.05, 4.69) is 15.1 Å². The highest BCUT2D eigenvalue weighted by Gasteiger charge is 2.27. The van der Waals surface area contributed by atoms with Gasteiger partial charge in [-0.15, -0.1) is 21.5 Å². The predicted molar refractivity (Wildman–Crippen MR) is 95.7 cm³/mol. The van der Waals surface area contributed by atoms with Crippen LogP contribution >= 0.6 is 22.7 Å². The summed E-state index contributed by atoms with van der Waals surface area (Å²) >= 11 is 3.22. The van der Waals surface area contributed by atoms with Crippen molar-refractivity contribution >= 4 is 37.8 Å². The lowest BCUT2D eigenvalue weighted by Crippen LogP contribution is -2.49. The van der Waals surface area contributed by atoms with E-state index in [1.165, 1.54) is 0 Å². The van der Waals surface area contributed by atoms with Crippen LogP contribution in [0.3, 0.4) is 0 Å². The van der Waals surface area contributed by atoms with E-state index in [9.17, 15) is 8.42 Å². The molecule has 0 aliphatic carbocycles. The Morgan fingerprint density at radius 1 is 1.22 bits per heavy atom. The van der Waals surface area contributed by atoms with Gasteiger partial charge >= 0.3 is 0 Å². The zero-order valence-electron chi connectivity index (χ0n) is 13.0. The van der Waals surface area contributed by atoms with Crippen molar-refractivity contribution in [1.29, 1.82) is 0 Å². The van der Waals surface area contributed by atoms with Crippen molar-refractivity contribution in [2.24, 2.45) is 0 Å². The van der Waals surface area contributed by atoms with E-state index >= 15 is 0 Å². The summed E-state index contributed by atoms with van der Waals surface area (Å²) in [5.74, 6) is 0.255. The highest BCUT2D eigenvalue weighted by Crippen LogP contribution is 2.31. The molecule has 0 unspecified atom stereocenters. The van der Waals surface area contributed by atoms with Gasteiger partial charge in [-0.3, -0.25) is 0 Å². The Morgan fingerprint density at radius 3 is 2.65 bits per heavy atom. The number of anilines is 1. The number of rotatable bonds is 6. The van der Waals surface area contributed by atoms with Crippen LogP contribution in [0.1, 0.15) is 19.8 Å². The molecule has 9 heteroatoms. The zero-order chi connectivity index (χ0) is 16.3. The summed E-state index contributed by atoms with van der Waals surface area (Å²) in [5.41, 5.74) is 0. The van der Waals surface area contributed by atoms with E-state index in [0.717, 1.165) is 27.9 Å². The molecule has 3 rings (SSSR count). The summed E-state index contributed by atoms with van der Waals surface area (Å²) in [6, 6.07) is 4.04. The Hall–Kier alpha value is -1.03. The predicted octanol–water partition coefficient (Wildman–Crippen LogP) is 2.52. The summed E-state index contributed by atoms with van der Waals surface area (Å²) in [6.07, 6.45) is 1.62. The topological polar surface area (TPSA) is 66.4 Å². The molecule has 2 aromatic heterocycles. The van der Waals surface area contributed by atoms with E-state index in [-0.39, 0.29) is 5.75 Å². The van der Waals surface area contributed by atoms with Gasteiger partial charge in [0.2, 0.25) is 15.2 Å². The van der Waals surface area contributed by atoms with Gasteiger partial charge in [0.15, 0.2) is 5.01 Å². The van der Waals surface area contributed by atoms with Crippen molar-refractivity contribution < 1.29 is 8.42 Å². The number of thiophene rings is 1. The highest BCUT2D eigenvalue weighted by atomic mass is 32.2. The smallest absolute Gasteiger partial charge is 0.214 e. The largest absolute Gasteiger partial charge is 0.344 e. The first-order valence-corrected chi connectivity index (χ1v) is 11.0. The number of hydrogen-bond acceptors (Lipinski definition) is 7. The van der Waals surface area contributed by atoms with Crippen LogP contribution in [-0.4, -0.2) is 54.9 Å². The van der Waals surface area contributed by atoms with Gasteiger partial charge < -0.3 is 4.90 Å². The molecule has 0 saturated carbocycles. The van der Waals surface area contributed by atoms with E-state index < -0.39 is 10.0 Å². The maximum absolute atomic E-state index is 12.2. The Labute approximate surface area is 144 Å². The molecular formula is C14H20N4O2S3. The average molecular weight is 373 g/mol. The lowest BCUT2D eigenvalue weighted by molar-refractivity contribution is 0.384. The fourth-order valence-electron chi connectivity index (χ4n) is 2.46. The number of sulfonamides is 1. The third kappa shape index (κ3) is 3.90. The molecule has 23 heavy (non-hydrogen) atoms. The lowest BCUT2D eigenvalue weighted by atomic mass is 10.4. The van der Waals surface area contributed by atoms with Crippen molar-refractivity contribution in [1.82, 2.24) is 14.5 Å². The molecular weight excluding hydrogens is 352 g/mol. The molecule has 126 valence electrons. The molecule has 0 radical (unpaired) electrons. The third-order valence-corrected chi connectivity index (χ3v) is 7.78. The summed E-state index contributed by atoms with van der Waals surface area (Å²) in [5, 5.41) is 12.3. The van der Waals surface area contributed by atoms with Crippen LogP contribution in [0.25, 0.3) is 9.88 Å². The maximum Gasteiger partial charge on any atom is 0.214 e. The highest BCUT2D eigenvalue weighted by molar-refractivity contribution is 7.89. The fourth-order valence-corrected chi connectivity index (χ4v) is 5.78. The second-order valence-corrected chi connectivity index (χ2v) is 9.41. The number of piperazine rings is 1. The second kappa shape index (κ2) is 7.25. The van der Waals surface area contributed by atoms with Crippen LogP contribution in [0.2, 0.25) is 0 Å². The molecule has 3 heterocycles. The summed E-state index contributed by atoms with van der Waals surface area (Å²) in [6.45, 7) is 4.41. The first-order valence-electron chi connectivity index (χ1n) is 7.70. The van der Waals surface area contributed by atoms with E-state index in [4.69, 9.17) is 0 Å². The summed E-state index contributed by atoms with van der Waals surface area (Å²) < 4.78 is 26.1. The Kier molecular flexibility index (Phi) is 5.30. The van der Waals surface area contributed by atoms with Gasteiger partial charge in [0.25, 0.3) is 0 Å². The zero-order valence-corrected chi connectivity index (χ0v) is 15.5. The Morgan fingerprint density at radius 2 is 2.00 bits per heavy atom. The van der Waals surface area contributed by atoms with Crippen molar-refractivity contribution in [2.45, 2.75) is 19.8 Å². The van der Waals surface area contributed by atoms with Gasteiger partial charge in [-0.2, -0.15) is 4.31 Å². The number of hydrogen-bond donors (Lipinski definition) is 0. The van der Waals surface area contributed by atoms with Crippen molar-refractivity contribution in [3.05, 3.63) is 17.5 Å². The molecule has 0 N–H and O–H groups in total. The molecule has 0 aromatic carbocycles. The first-order chi connectivity index (χ1) is 11.1. The minimum atomic E-state index is -3.11. The van der Waals surface area contributed by atoms with Crippen molar-refractivity contribution in [2.75, 3.05) is 36.8 Å². The minimum Gasteiger partial charge on any atom is -0.344 e. The van der Waals surface area contributed by atoms with E-state index in [0.29, 0.717) is 26.2 Å². The third-order valence-electron chi connectivity index (χ3n) is 3.80. The summed E-state index contributed by atoms with van der Waals surface area (Å²) in [4.78, 5) is 3.25. The second-order valence-electron chi connectivity index (χ2n) is 5.42. The lowest BCUT2D eigenvalue weighted by Gasteiger charge is -2.33. The number of unbranched alkanes of at least 4 members (excludes halogenated alkanes) is 1. The SMILES string of the molecule is CCCCS(=O)(=O)N1CCN(c2nnc(-c3cccs3)s2)CC1. The Balaban J connectivity index is 1.61. The molecule has 0 amide bonds. The summed E-state index contributed by atoms with van der Waals surface area (Å²) in [7, 11) is -3.11. The van der Waals surface area contributed by atoms with Crippen LogP contribution in [0.5, 0.6) is 0 Å². The monoisotopic (exact) mass is 372 g/mol. The normalized spacial score (nSPS) is 16.8. The Bertz CT molecular complexity index is 719. The van der Waals surface area contributed by atoms with Gasteiger partial charge in [0.05, 0.1) is 10.6 Å². The van der Waals surface area contributed by atoms with Crippen LogP contribution in [0, 0.1) is 0 Å². The molecule has 6 nitrogen and oxygen atoms in total. The van der Waals surface area contributed by atoms with E-state index in [1.54, 1.807) is 27.0 Å². The van der Waals surface area contributed by atoms with E-state index in [1.807, 2.05) is 24.4 Å². The van der Waals surface area contributed by atoms with Gasteiger partial charge in [-0.1, -0.05) is 30.7 Å². The van der Waals surface area contributed by atoms with Gasteiger partial charge in [0.1, 0.15) is 0 Å². The maximum atomic E-state index is 12.2. The van der Waals surface area contributed by atoms with Crippen molar-refractivity contribution in [3.8, 4) is 9.88 Å². The molecule has 1 saturated heterocycles. The van der Waals surface area contributed by atoms with Crippen LogP contribution in [0.15, 0.2) is 17.5 Å². The minimum absolute atomic E-state index is 0.255. The van der Waals surface area contributed by atoms with Crippen LogP contribution in [-0.2, 0) is 10.0 Å². The molecule has 1 aliphatic rings. The molecule has 1 fully saturated rings. The van der Waals surface area contributed by atoms with Gasteiger partial charge in [0, 0.05) is 26.2 Å². The van der Waals surface area contributed by atoms with Crippen molar-refractivity contribution in [3.63, 3.8) is 0 Å². The first kappa shape index (κ1) is 16.8. The quantitative estimate of drug-likeness (QED) is 0.779. The van der Waals surface area contributed by atoms with Crippen LogP contribution in [0.4, 0.5) is 5.13 Å². The standard InChI is InChI=1S/C14H20N4O2S3/c1-2-3-11-23(19,20)18-8-6-17(7-9-18)14-16-15-13(22-14)12-5-4-10-21-12/h4-5,10H,2-3,6-9,11H2,1H3. The van der Waals surface area contributed by atoms with Gasteiger partial charge in [-0.25, -0.2) is 8.42 Å². The molecule has 1 aliphatic heterocycles. The number of nitrogens with zero attached hydrogens (tertiary/aromatic N) is 4. The molecule has 0 spiro atoms. The molecule has 2 aromatic rings.